The SMILES string of the molecule is CCN(CC(=O)OC)C(=O)CCS(=O)(=O)c1ccccc1. The van der Waals surface area contributed by atoms with Crippen molar-refractivity contribution in [2.45, 2.75) is 18.2 Å². The van der Waals surface area contributed by atoms with Crippen LogP contribution in [0.5, 0.6) is 0 Å². The molecular weight excluding hydrogens is 294 g/mol. The van der Waals surface area contributed by atoms with Crippen LogP contribution in [-0.4, -0.2) is 51.1 Å². The van der Waals surface area contributed by atoms with Crippen LogP contribution in [-0.2, 0) is 24.2 Å². The molecule has 0 aliphatic carbocycles. The van der Waals surface area contributed by atoms with Gasteiger partial charge in [0.25, 0.3) is 0 Å². The second-order valence-corrected chi connectivity index (χ2v) is 6.48. The normalized spacial score (nSPS) is 11.0. The van der Waals surface area contributed by atoms with Gasteiger partial charge in [-0.2, -0.15) is 0 Å². The molecule has 7 heteroatoms. The highest BCUT2D eigenvalue weighted by molar-refractivity contribution is 7.91. The van der Waals surface area contributed by atoms with Crippen LogP contribution in [0, 0.1) is 0 Å². The summed E-state index contributed by atoms with van der Waals surface area (Å²) >= 11 is 0. The van der Waals surface area contributed by atoms with Crippen molar-refractivity contribution < 1.29 is 22.7 Å². The maximum absolute atomic E-state index is 12.1. The number of esters is 1. The number of amides is 1. The van der Waals surface area contributed by atoms with E-state index in [2.05, 4.69) is 4.74 Å². The Morgan fingerprint density at radius 3 is 2.33 bits per heavy atom. The van der Waals surface area contributed by atoms with Gasteiger partial charge < -0.3 is 9.64 Å². The molecule has 0 radical (unpaired) electrons. The Balaban J connectivity index is 2.65. The van der Waals surface area contributed by atoms with Crippen LogP contribution >= 0.6 is 0 Å². The van der Waals surface area contributed by atoms with Crippen LogP contribution in [0.3, 0.4) is 0 Å². The fourth-order valence-corrected chi connectivity index (χ4v) is 2.97. The van der Waals surface area contributed by atoms with E-state index in [0.717, 1.165) is 0 Å². The topological polar surface area (TPSA) is 80.8 Å². The van der Waals surface area contributed by atoms with Crippen LogP contribution in [0.1, 0.15) is 13.3 Å². The lowest BCUT2D eigenvalue weighted by Gasteiger charge is -2.19. The first-order valence-corrected chi connectivity index (χ1v) is 8.18. The Morgan fingerprint density at radius 1 is 1.19 bits per heavy atom. The molecule has 0 unspecified atom stereocenters. The number of carbonyl (C=O) groups excluding carboxylic acids is 2. The van der Waals surface area contributed by atoms with Crippen molar-refractivity contribution in [2.75, 3.05) is 26.0 Å². The minimum atomic E-state index is -3.49. The molecular formula is C14H19NO5S. The molecule has 0 atom stereocenters. The number of rotatable bonds is 7. The monoisotopic (exact) mass is 313 g/mol. The van der Waals surface area contributed by atoms with Gasteiger partial charge in [-0.25, -0.2) is 8.42 Å². The van der Waals surface area contributed by atoms with Gasteiger partial charge in [0.15, 0.2) is 9.84 Å². The molecule has 0 saturated heterocycles. The van der Waals surface area contributed by atoms with E-state index in [-0.39, 0.29) is 29.5 Å². The highest BCUT2D eigenvalue weighted by atomic mass is 32.2. The molecule has 1 aromatic carbocycles. The summed E-state index contributed by atoms with van der Waals surface area (Å²) in [5, 5.41) is 0. The number of ether oxygens (including phenoxy) is 1. The third-order valence-corrected chi connectivity index (χ3v) is 4.70. The van der Waals surface area contributed by atoms with Gasteiger partial charge in [-0.3, -0.25) is 9.59 Å². The van der Waals surface area contributed by atoms with E-state index >= 15 is 0 Å². The number of carbonyl (C=O) groups is 2. The molecule has 1 amide bonds. The maximum atomic E-state index is 12.1. The zero-order chi connectivity index (χ0) is 15.9. The number of methoxy groups -OCH3 is 1. The van der Waals surface area contributed by atoms with Gasteiger partial charge in [0.05, 0.1) is 17.8 Å². The van der Waals surface area contributed by atoms with Crippen molar-refractivity contribution in [3.8, 4) is 0 Å². The van der Waals surface area contributed by atoms with E-state index in [4.69, 9.17) is 0 Å². The number of likely N-dealkylation sites (N-methyl/N-ethyl adjacent to an activating group) is 1. The quantitative estimate of drug-likeness (QED) is 0.698. The Hall–Kier alpha value is -1.89. The summed E-state index contributed by atoms with van der Waals surface area (Å²) in [6, 6.07) is 7.96. The number of sulfone groups is 1. The van der Waals surface area contributed by atoms with Gasteiger partial charge in [-0.05, 0) is 19.1 Å². The van der Waals surface area contributed by atoms with Crippen molar-refractivity contribution in [1.82, 2.24) is 4.90 Å². The van der Waals surface area contributed by atoms with E-state index in [1.807, 2.05) is 0 Å². The van der Waals surface area contributed by atoms with Crippen molar-refractivity contribution in [2.24, 2.45) is 0 Å². The zero-order valence-corrected chi connectivity index (χ0v) is 12.9. The van der Waals surface area contributed by atoms with Crippen molar-refractivity contribution in [3.05, 3.63) is 30.3 Å². The molecule has 0 heterocycles. The first-order chi connectivity index (χ1) is 9.90. The first-order valence-electron chi connectivity index (χ1n) is 6.53. The highest BCUT2D eigenvalue weighted by Gasteiger charge is 2.20. The van der Waals surface area contributed by atoms with E-state index in [9.17, 15) is 18.0 Å². The molecule has 0 bridgehead atoms. The molecule has 0 aliphatic rings. The minimum Gasteiger partial charge on any atom is -0.468 e. The minimum absolute atomic E-state index is 0.165. The average Bonchev–Trinajstić information content (AvgIpc) is 2.50. The number of nitrogens with zero attached hydrogens (tertiary/aromatic N) is 1. The third-order valence-electron chi connectivity index (χ3n) is 2.97. The summed E-state index contributed by atoms with van der Waals surface area (Å²) in [6.07, 6.45) is -0.165. The van der Waals surface area contributed by atoms with E-state index in [0.29, 0.717) is 6.54 Å². The predicted molar refractivity (Wildman–Crippen MR) is 77.4 cm³/mol. The number of benzene rings is 1. The van der Waals surface area contributed by atoms with Crippen LogP contribution in [0.15, 0.2) is 35.2 Å². The lowest BCUT2D eigenvalue weighted by molar-refractivity contribution is -0.146. The highest BCUT2D eigenvalue weighted by Crippen LogP contribution is 2.11. The van der Waals surface area contributed by atoms with Gasteiger partial charge in [0.1, 0.15) is 6.54 Å². The Kier molecular flexibility index (Phi) is 6.36. The molecule has 116 valence electrons. The lowest BCUT2D eigenvalue weighted by atomic mass is 10.3. The Morgan fingerprint density at radius 2 is 1.81 bits per heavy atom. The molecule has 0 aliphatic heterocycles. The summed E-state index contributed by atoms with van der Waals surface area (Å²) in [7, 11) is -2.26. The summed E-state index contributed by atoms with van der Waals surface area (Å²) in [6.45, 7) is 1.86. The summed E-state index contributed by atoms with van der Waals surface area (Å²) in [5.74, 6) is -1.20. The molecule has 0 N–H and O–H groups in total. The molecule has 1 aromatic rings. The van der Waals surface area contributed by atoms with Gasteiger partial charge >= 0.3 is 5.97 Å². The molecule has 0 saturated carbocycles. The molecule has 6 nitrogen and oxygen atoms in total. The number of hydrogen-bond acceptors (Lipinski definition) is 5. The Bertz CT molecular complexity index is 583. The Labute approximate surface area is 124 Å². The molecule has 1 rings (SSSR count). The molecule has 0 fully saturated rings. The van der Waals surface area contributed by atoms with Gasteiger partial charge in [-0.1, -0.05) is 18.2 Å². The number of hydrogen-bond donors (Lipinski definition) is 0. The van der Waals surface area contributed by atoms with Gasteiger partial charge in [-0.15, -0.1) is 0 Å². The van der Waals surface area contributed by atoms with Crippen molar-refractivity contribution >= 4 is 21.7 Å². The zero-order valence-electron chi connectivity index (χ0n) is 12.1. The van der Waals surface area contributed by atoms with Gasteiger partial charge in [0.2, 0.25) is 5.91 Å². The van der Waals surface area contributed by atoms with Crippen molar-refractivity contribution in [3.63, 3.8) is 0 Å². The fraction of sp³-hybridized carbons (Fsp3) is 0.429. The van der Waals surface area contributed by atoms with E-state index in [1.54, 1.807) is 25.1 Å². The summed E-state index contributed by atoms with van der Waals surface area (Å²) in [4.78, 5) is 24.6. The van der Waals surface area contributed by atoms with Gasteiger partial charge in [0, 0.05) is 13.0 Å². The maximum Gasteiger partial charge on any atom is 0.325 e. The smallest absolute Gasteiger partial charge is 0.325 e. The van der Waals surface area contributed by atoms with Crippen LogP contribution in [0.25, 0.3) is 0 Å². The molecule has 0 spiro atoms. The average molecular weight is 313 g/mol. The summed E-state index contributed by atoms with van der Waals surface area (Å²) in [5.41, 5.74) is 0. The largest absolute Gasteiger partial charge is 0.468 e. The fourth-order valence-electron chi connectivity index (χ4n) is 1.72. The van der Waals surface area contributed by atoms with Crippen LogP contribution < -0.4 is 0 Å². The van der Waals surface area contributed by atoms with E-state index < -0.39 is 15.8 Å². The molecule has 21 heavy (non-hydrogen) atoms. The second-order valence-electron chi connectivity index (χ2n) is 4.37. The lowest BCUT2D eigenvalue weighted by Crippen LogP contribution is -2.36. The second kappa shape index (κ2) is 7.78. The van der Waals surface area contributed by atoms with Crippen molar-refractivity contribution in [1.29, 1.82) is 0 Å². The summed E-state index contributed by atoms with van der Waals surface area (Å²) < 4.78 is 28.6. The van der Waals surface area contributed by atoms with Crippen LogP contribution in [0.2, 0.25) is 0 Å². The van der Waals surface area contributed by atoms with E-state index in [1.165, 1.54) is 24.1 Å². The van der Waals surface area contributed by atoms with Crippen LogP contribution in [0.4, 0.5) is 0 Å². The predicted octanol–water partition coefficient (Wildman–Crippen LogP) is 0.872. The third kappa shape index (κ3) is 5.18. The first kappa shape index (κ1) is 17.2. The standard InChI is InChI=1S/C14H19NO5S/c1-3-15(11-14(17)20-2)13(16)9-10-21(18,19)12-7-5-4-6-8-12/h4-8H,3,9-11H2,1-2H3. The molecule has 0 aromatic heterocycles.